The Hall–Kier alpha value is -3.94. The zero-order chi connectivity index (χ0) is 30.4. The van der Waals surface area contributed by atoms with Crippen molar-refractivity contribution in [2.24, 2.45) is 10.9 Å². The Bertz CT molecular complexity index is 1500. The molecule has 0 amide bonds. The first-order valence-corrected chi connectivity index (χ1v) is 15.1. The van der Waals surface area contributed by atoms with E-state index >= 15 is 0 Å². The third-order valence-electron chi connectivity index (χ3n) is 7.38. The van der Waals surface area contributed by atoms with Crippen molar-refractivity contribution in [2.75, 3.05) is 45.9 Å². The number of ether oxygens (including phenoxy) is 2. The number of piperazine rings is 1. The molecule has 42 heavy (non-hydrogen) atoms. The number of non-ortho nitro benzene ring substituents is 1. The highest BCUT2D eigenvalue weighted by atomic mass is 32.2. The molecule has 4 rings (SSSR count). The van der Waals surface area contributed by atoms with E-state index in [1.54, 1.807) is 57.2 Å². The zero-order valence-electron chi connectivity index (χ0n) is 23.8. The zero-order valence-corrected chi connectivity index (χ0v) is 24.6. The molecule has 224 valence electrons. The second kappa shape index (κ2) is 13.4. The molecule has 2 aromatic rings. The fraction of sp³-hybridized carbons (Fsp3) is 0.414. The van der Waals surface area contributed by atoms with E-state index in [1.165, 1.54) is 22.5 Å². The number of hydrogen-bond acceptors (Lipinski definition) is 10. The second-order valence-corrected chi connectivity index (χ2v) is 11.9. The number of esters is 2. The maximum absolute atomic E-state index is 13.5. The SMILES string of the molecule is CCOC(=O)C1C(C)=NC(C)=C(C(=O)OCCN2CCN(S(=O)(=O)c3ccccc3)CC2)[C@@H]1c1cccc([N+](=O)[O-])c1. The molecule has 1 fully saturated rings. The van der Waals surface area contributed by atoms with Gasteiger partial charge in [0.1, 0.15) is 12.5 Å². The van der Waals surface area contributed by atoms with E-state index in [0.29, 0.717) is 49.7 Å². The van der Waals surface area contributed by atoms with Gasteiger partial charge in [0.05, 0.1) is 22.0 Å². The van der Waals surface area contributed by atoms with E-state index in [4.69, 9.17) is 9.47 Å². The number of hydrogen-bond donors (Lipinski definition) is 0. The number of allylic oxidation sites excluding steroid dienone is 1. The Balaban J connectivity index is 1.46. The van der Waals surface area contributed by atoms with Crippen molar-refractivity contribution >= 4 is 33.4 Å². The van der Waals surface area contributed by atoms with Gasteiger partial charge in [0.15, 0.2) is 0 Å². The molecule has 2 aromatic carbocycles. The average molecular weight is 599 g/mol. The van der Waals surface area contributed by atoms with Crippen molar-refractivity contribution < 1.29 is 32.4 Å². The summed E-state index contributed by atoms with van der Waals surface area (Å²) in [5.41, 5.74) is 1.15. The van der Waals surface area contributed by atoms with Crippen LogP contribution in [0, 0.1) is 16.0 Å². The summed E-state index contributed by atoms with van der Waals surface area (Å²) in [6.07, 6.45) is 0. The third kappa shape index (κ3) is 6.75. The number of nitrogens with zero attached hydrogens (tertiary/aromatic N) is 4. The lowest BCUT2D eigenvalue weighted by Gasteiger charge is -2.34. The van der Waals surface area contributed by atoms with Crippen LogP contribution in [0.2, 0.25) is 0 Å². The molecule has 2 aliphatic heterocycles. The molecule has 1 unspecified atom stereocenters. The number of nitro groups is 1. The minimum absolute atomic E-state index is 0.0233. The minimum atomic E-state index is -3.58. The molecule has 1 saturated heterocycles. The molecule has 0 N–H and O–H groups in total. The Morgan fingerprint density at radius 1 is 1.02 bits per heavy atom. The van der Waals surface area contributed by atoms with Crippen molar-refractivity contribution in [2.45, 2.75) is 31.6 Å². The molecule has 13 heteroatoms. The van der Waals surface area contributed by atoms with Crippen LogP contribution in [0.4, 0.5) is 5.69 Å². The summed E-state index contributed by atoms with van der Waals surface area (Å²) in [6, 6.07) is 14.1. The number of sulfonamides is 1. The highest BCUT2D eigenvalue weighted by molar-refractivity contribution is 7.89. The lowest BCUT2D eigenvalue weighted by atomic mass is 9.75. The highest BCUT2D eigenvalue weighted by Gasteiger charge is 2.43. The van der Waals surface area contributed by atoms with Gasteiger partial charge in [-0.05, 0) is 38.5 Å². The molecule has 12 nitrogen and oxygen atoms in total. The summed E-state index contributed by atoms with van der Waals surface area (Å²) in [7, 11) is -3.58. The first-order valence-electron chi connectivity index (χ1n) is 13.7. The molecule has 0 radical (unpaired) electrons. The first kappa shape index (κ1) is 31.0. The number of carbonyl (C=O) groups excluding carboxylic acids is 2. The van der Waals surface area contributed by atoms with Crippen LogP contribution in [0.5, 0.6) is 0 Å². The Morgan fingerprint density at radius 2 is 1.71 bits per heavy atom. The second-order valence-electron chi connectivity index (χ2n) is 10.0. The number of benzene rings is 2. The summed E-state index contributed by atoms with van der Waals surface area (Å²) in [4.78, 5) is 44.2. The molecular weight excluding hydrogens is 564 g/mol. The summed E-state index contributed by atoms with van der Waals surface area (Å²) >= 11 is 0. The summed E-state index contributed by atoms with van der Waals surface area (Å²) in [5.74, 6) is -3.12. The van der Waals surface area contributed by atoms with Crippen molar-refractivity contribution in [3.8, 4) is 0 Å². The predicted molar refractivity (Wildman–Crippen MR) is 154 cm³/mol. The van der Waals surface area contributed by atoms with Crippen LogP contribution in [0.3, 0.4) is 0 Å². The summed E-state index contributed by atoms with van der Waals surface area (Å²) in [6.45, 7) is 7.03. The van der Waals surface area contributed by atoms with Crippen LogP contribution < -0.4 is 0 Å². The van der Waals surface area contributed by atoms with Gasteiger partial charge >= 0.3 is 11.9 Å². The number of carbonyl (C=O) groups is 2. The van der Waals surface area contributed by atoms with Crippen molar-refractivity contribution in [3.05, 3.63) is 81.5 Å². The molecule has 2 heterocycles. The van der Waals surface area contributed by atoms with E-state index in [-0.39, 0.29) is 29.4 Å². The smallest absolute Gasteiger partial charge is 0.336 e. The Kier molecular flexibility index (Phi) is 9.86. The highest BCUT2D eigenvalue weighted by Crippen LogP contribution is 2.41. The lowest BCUT2D eigenvalue weighted by molar-refractivity contribution is -0.384. The minimum Gasteiger partial charge on any atom is -0.465 e. The Labute approximate surface area is 244 Å². The van der Waals surface area contributed by atoms with E-state index in [2.05, 4.69) is 4.99 Å². The largest absolute Gasteiger partial charge is 0.465 e. The molecular formula is C29H34N4O8S. The first-order chi connectivity index (χ1) is 20.0. The topological polar surface area (TPSA) is 149 Å². The van der Waals surface area contributed by atoms with Crippen molar-refractivity contribution in [1.29, 1.82) is 0 Å². The molecule has 0 aromatic heterocycles. The van der Waals surface area contributed by atoms with Crippen LogP contribution in [0.1, 0.15) is 32.3 Å². The maximum Gasteiger partial charge on any atom is 0.336 e. The number of rotatable bonds is 10. The van der Waals surface area contributed by atoms with Crippen LogP contribution >= 0.6 is 0 Å². The van der Waals surface area contributed by atoms with E-state index in [9.17, 15) is 28.1 Å². The quantitative estimate of drug-likeness (QED) is 0.228. The maximum atomic E-state index is 13.5. The van der Waals surface area contributed by atoms with Crippen molar-refractivity contribution in [3.63, 3.8) is 0 Å². The fourth-order valence-corrected chi connectivity index (χ4v) is 6.75. The predicted octanol–water partition coefficient (Wildman–Crippen LogP) is 3.16. The molecule has 2 atom stereocenters. The van der Waals surface area contributed by atoms with Gasteiger partial charge in [0.25, 0.3) is 5.69 Å². The molecule has 2 aliphatic rings. The van der Waals surface area contributed by atoms with Crippen LogP contribution in [0.15, 0.2) is 75.8 Å². The monoisotopic (exact) mass is 598 g/mol. The van der Waals surface area contributed by atoms with Crippen LogP contribution in [-0.2, 0) is 29.1 Å². The van der Waals surface area contributed by atoms with E-state index < -0.39 is 38.7 Å². The molecule has 0 aliphatic carbocycles. The molecule has 0 saturated carbocycles. The van der Waals surface area contributed by atoms with Gasteiger partial charge in [-0.25, -0.2) is 13.2 Å². The van der Waals surface area contributed by atoms with Gasteiger partial charge in [-0.3, -0.25) is 24.8 Å². The molecule has 0 bridgehead atoms. The summed E-state index contributed by atoms with van der Waals surface area (Å²) in [5, 5.41) is 11.5. The van der Waals surface area contributed by atoms with Gasteiger partial charge < -0.3 is 9.47 Å². The molecule has 0 spiro atoms. The Morgan fingerprint density at radius 3 is 2.36 bits per heavy atom. The van der Waals surface area contributed by atoms with Crippen LogP contribution in [0.25, 0.3) is 0 Å². The number of nitro benzene ring substituents is 1. The third-order valence-corrected chi connectivity index (χ3v) is 9.29. The van der Waals surface area contributed by atoms with E-state index in [1.807, 2.05) is 4.90 Å². The average Bonchev–Trinajstić information content (AvgIpc) is 2.97. The normalized spacial score (nSPS) is 20.1. The summed E-state index contributed by atoms with van der Waals surface area (Å²) < 4.78 is 38.2. The van der Waals surface area contributed by atoms with Gasteiger partial charge in [-0.15, -0.1) is 0 Å². The van der Waals surface area contributed by atoms with Gasteiger partial charge in [0.2, 0.25) is 10.0 Å². The van der Waals surface area contributed by atoms with Crippen molar-refractivity contribution in [1.82, 2.24) is 9.21 Å². The van der Waals surface area contributed by atoms with Gasteiger partial charge in [0, 0.05) is 62.2 Å². The van der Waals surface area contributed by atoms with Crippen LogP contribution in [-0.4, -0.2) is 86.1 Å². The van der Waals surface area contributed by atoms with E-state index in [0.717, 1.165) is 0 Å². The lowest BCUT2D eigenvalue weighted by Crippen LogP contribution is -2.49. The fourth-order valence-electron chi connectivity index (χ4n) is 5.31. The number of aliphatic imine (C=N–C) groups is 1. The van der Waals surface area contributed by atoms with Gasteiger partial charge in [-0.1, -0.05) is 30.3 Å². The van der Waals surface area contributed by atoms with Gasteiger partial charge in [-0.2, -0.15) is 4.31 Å². The standard InChI is InChI=1S/C29H34N4O8S/c1-4-40-28(34)25-20(2)30-21(3)26(27(25)22-9-8-10-23(19-22)33(36)37)29(35)41-18-17-31-13-15-32(16-14-31)42(38,39)24-11-6-5-7-12-24/h5-12,19,25,27H,4,13-18H2,1-3H3/t25?,27-/m1/s1.